The summed E-state index contributed by atoms with van der Waals surface area (Å²) in [4.78, 5) is 105. The fraction of sp³-hybridized carbons (Fsp3) is 0.439. The molecule has 0 radical (unpaired) electrons. The maximum Gasteiger partial charge on any atom is 0.408 e. The van der Waals surface area contributed by atoms with Crippen LogP contribution in [0.5, 0.6) is 5.75 Å². The number of carboxylic acid groups (broad SMARTS) is 1. The van der Waals surface area contributed by atoms with Gasteiger partial charge in [0, 0.05) is 79.0 Å². The van der Waals surface area contributed by atoms with Crippen LogP contribution in [-0.4, -0.2) is 153 Å². The number of ether oxygens (including phenoxy) is 6. The largest absolute Gasteiger partial charge is 0.508 e. The van der Waals surface area contributed by atoms with E-state index in [2.05, 4.69) is 21.3 Å². The zero-order chi connectivity index (χ0) is 56.5. The Kier molecular flexibility index (Phi) is 20.9. The molecule has 6 N–H and O–H groups in total. The first-order valence-electron chi connectivity index (χ1n) is 26.2. The van der Waals surface area contributed by atoms with Gasteiger partial charge >= 0.3 is 18.0 Å². The van der Waals surface area contributed by atoms with E-state index in [1.54, 1.807) is 39.0 Å². The number of carbonyl (C=O) groups excluding carboxylic acids is 6. The standard InChI is InChI=1S/C57H67N5O17/c1-57(2,3)79-55(71)45-18-12-38-27-37(51(53(68)62(38)45)61-56(72)77-32-35-9-5-4-6-10-35)31-60-49(66)34-76-33-48(65)58-19-7-21-73-23-25-75-26-24-74-22-8-20-59-52(67)36-11-15-41(54(69)70)44(28-36)50-42-16-13-39(63)29-46(42)78-47-30-40(64)14-17-43(47)50/h4-6,9-11,13-17,28-30,37-38,45,51,63H,7-8,12,18-27,31-34H2,1-3H3,(H,58,65)(H,59,67)(H,60,66)(H,61,72)(H,69,70)/t37?,38?,45-,51?/m0/s1. The number of phenolic OH excluding ortho intramolecular Hbond substituents is 1. The molecule has 0 saturated carbocycles. The summed E-state index contributed by atoms with van der Waals surface area (Å²) < 4.78 is 39.0. The number of rotatable bonds is 27. The molecule has 3 heterocycles. The van der Waals surface area contributed by atoms with Crippen molar-refractivity contribution < 1.29 is 76.6 Å². The van der Waals surface area contributed by atoms with Gasteiger partial charge < -0.3 is 69.2 Å². The molecule has 0 spiro atoms. The Balaban J connectivity index is 0.726. The lowest BCUT2D eigenvalue weighted by atomic mass is 9.86. The fourth-order valence-corrected chi connectivity index (χ4v) is 9.40. The van der Waals surface area contributed by atoms with Crippen molar-refractivity contribution in [3.63, 3.8) is 0 Å². The van der Waals surface area contributed by atoms with Gasteiger partial charge in [-0.25, -0.2) is 14.4 Å². The highest BCUT2D eigenvalue weighted by molar-refractivity contribution is 6.09. The molecule has 22 nitrogen and oxygen atoms in total. The number of nitrogens with one attached hydrogen (secondary N) is 4. The number of phenols is 1. The van der Waals surface area contributed by atoms with Gasteiger partial charge in [0.1, 0.15) is 54.6 Å². The molecular formula is C57H67N5O17. The molecule has 3 aromatic carbocycles. The topological polar surface area (TPSA) is 297 Å². The van der Waals surface area contributed by atoms with Gasteiger partial charge in [-0.05, 0) is 106 Å². The highest BCUT2D eigenvalue weighted by Gasteiger charge is 2.51. The van der Waals surface area contributed by atoms with Crippen LogP contribution in [0.4, 0.5) is 4.79 Å². The van der Waals surface area contributed by atoms with Crippen molar-refractivity contribution in [3.8, 4) is 28.2 Å². The van der Waals surface area contributed by atoms with Crippen molar-refractivity contribution in [2.24, 2.45) is 5.92 Å². The van der Waals surface area contributed by atoms with E-state index >= 15 is 0 Å². The molecule has 22 heteroatoms. The molecule has 3 aromatic rings. The van der Waals surface area contributed by atoms with Gasteiger partial charge in [0.15, 0.2) is 5.43 Å². The smallest absolute Gasteiger partial charge is 0.408 e. The number of alkyl carbamates (subject to hydrolysis) is 1. The van der Waals surface area contributed by atoms with Gasteiger partial charge in [-0.15, -0.1) is 0 Å². The van der Waals surface area contributed by atoms with E-state index in [0.29, 0.717) is 94.8 Å². The van der Waals surface area contributed by atoms with E-state index in [4.69, 9.17) is 32.8 Å². The third-order valence-corrected chi connectivity index (χ3v) is 13.0. The van der Waals surface area contributed by atoms with Crippen molar-refractivity contribution in [1.29, 1.82) is 0 Å². The molecule has 0 bridgehead atoms. The van der Waals surface area contributed by atoms with Crippen LogP contribution in [0.1, 0.15) is 79.2 Å². The minimum Gasteiger partial charge on any atom is -0.508 e. The summed E-state index contributed by atoms with van der Waals surface area (Å²) in [7, 11) is 0. The first-order chi connectivity index (χ1) is 37.9. The number of amides is 5. The second kappa shape index (κ2) is 28.1. The first kappa shape index (κ1) is 58.8. The number of fused-ring (bicyclic) bond motifs is 3. The average molecular weight is 1090 g/mol. The van der Waals surface area contributed by atoms with Crippen LogP contribution in [0.2, 0.25) is 0 Å². The van der Waals surface area contributed by atoms with Crippen LogP contribution in [-0.2, 0) is 54.2 Å². The van der Waals surface area contributed by atoms with E-state index < -0.39 is 71.9 Å². The zero-order valence-electron chi connectivity index (χ0n) is 44.4. The fourth-order valence-electron chi connectivity index (χ4n) is 9.40. The number of carbonyl (C=O) groups is 7. The SMILES string of the molecule is CC(C)(C)OC(=O)[C@@H]1CCC2CC(CNC(=O)COCC(=O)NCCCOCCOCCOCCCNC(=O)c3ccc(C(=O)O)c(-c4c5ccc(=O)cc-5oc5cc(O)ccc45)c3)C(NC(=O)OCc3ccccc3)C(=O)N21. The number of nitrogens with zero attached hydrogens (tertiary/aromatic N) is 1. The lowest BCUT2D eigenvalue weighted by Gasteiger charge is -2.42. The molecule has 5 amide bonds. The summed E-state index contributed by atoms with van der Waals surface area (Å²) in [6.07, 6.45) is 1.53. The van der Waals surface area contributed by atoms with E-state index in [9.17, 15) is 48.6 Å². The van der Waals surface area contributed by atoms with Crippen molar-refractivity contribution in [2.75, 3.05) is 72.5 Å². The predicted octanol–water partition coefficient (Wildman–Crippen LogP) is 4.79. The van der Waals surface area contributed by atoms with Crippen LogP contribution >= 0.6 is 0 Å². The molecule has 2 saturated heterocycles. The molecule has 422 valence electrons. The lowest BCUT2D eigenvalue weighted by molar-refractivity contribution is -0.166. The van der Waals surface area contributed by atoms with Gasteiger partial charge in [-0.3, -0.25) is 24.0 Å². The Morgan fingerprint density at radius 3 is 2.11 bits per heavy atom. The van der Waals surface area contributed by atoms with Crippen LogP contribution in [0.3, 0.4) is 0 Å². The number of hydrogen-bond acceptors (Lipinski definition) is 16. The summed E-state index contributed by atoms with van der Waals surface area (Å²) >= 11 is 0. The second-order valence-electron chi connectivity index (χ2n) is 20.0. The Morgan fingerprint density at radius 2 is 1.42 bits per heavy atom. The number of carboxylic acids is 1. The minimum absolute atomic E-state index is 0.0156. The van der Waals surface area contributed by atoms with Crippen LogP contribution in [0.25, 0.3) is 33.4 Å². The summed E-state index contributed by atoms with van der Waals surface area (Å²) in [5.74, 6) is -3.99. The summed E-state index contributed by atoms with van der Waals surface area (Å²) in [6, 6.07) is 19.7. The summed E-state index contributed by atoms with van der Waals surface area (Å²) in [6.45, 7) is 7.01. The van der Waals surface area contributed by atoms with Crippen LogP contribution in [0.15, 0.2) is 94.1 Å². The number of piperidine rings is 1. The zero-order valence-corrected chi connectivity index (χ0v) is 44.4. The van der Waals surface area contributed by atoms with Gasteiger partial charge in [-0.2, -0.15) is 0 Å². The van der Waals surface area contributed by atoms with Crippen LogP contribution in [0, 0.1) is 5.92 Å². The first-order valence-corrected chi connectivity index (χ1v) is 26.2. The molecule has 3 aliphatic heterocycles. The predicted molar refractivity (Wildman–Crippen MR) is 285 cm³/mol. The van der Waals surface area contributed by atoms with Gasteiger partial charge in [0.25, 0.3) is 5.91 Å². The molecule has 4 aliphatic rings. The van der Waals surface area contributed by atoms with Gasteiger partial charge in [0.05, 0.1) is 32.0 Å². The van der Waals surface area contributed by atoms with Crippen molar-refractivity contribution in [1.82, 2.24) is 26.2 Å². The minimum atomic E-state index is -1.22. The summed E-state index contributed by atoms with van der Waals surface area (Å²) in [5.41, 5.74) is 1.17. The molecule has 0 aromatic heterocycles. The van der Waals surface area contributed by atoms with Crippen LogP contribution < -0.4 is 26.7 Å². The molecule has 3 unspecified atom stereocenters. The number of aromatic hydroxyl groups is 1. The Hall–Kier alpha value is -7.92. The number of benzene rings is 4. The van der Waals surface area contributed by atoms with E-state index in [1.165, 1.54) is 53.4 Å². The lowest BCUT2D eigenvalue weighted by Crippen LogP contribution is -2.63. The second-order valence-corrected chi connectivity index (χ2v) is 20.0. The Bertz CT molecular complexity index is 2980. The van der Waals surface area contributed by atoms with Crippen molar-refractivity contribution in [2.45, 2.75) is 83.2 Å². The Labute approximate surface area is 455 Å². The quantitative estimate of drug-likeness (QED) is 0.0234. The number of hydrogen-bond donors (Lipinski definition) is 6. The Morgan fingerprint density at radius 1 is 0.734 bits per heavy atom. The molecular weight excluding hydrogens is 1030 g/mol. The van der Waals surface area contributed by atoms with Gasteiger partial charge in [-0.1, -0.05) is 30.3 Å². The third-order valence-electron chi connectivity index (χ3n) is 13.0. The molecule has 7 rings (SSSR count). The molecule has 1 aliphatic carbocycles. The third kappa shape index (κ3) is 16.8. The van der Waals surface area contributed by atoms with Crippen molar-refractivity contribution in [3.05, 3.63) is 112 Å². The molecule has 4 atom stereocenters. The normalized spacial score (nSPS) is 17.0. The number of esters is 1. The molecule has 2 fully saturated rings. The van der Waals surface area contributed by atoms with E-state index in [1.807, 2.05) is 18.2 Å². The summed E-state index contributed by atoms with van der Waals surface area (Å²) in [5, 5.41) is 31.7. The van der Waals surface area contributed by atoms with Crippen molar-refractivity contribution >= 4 is 52.6 Å². The average Bonchev–Trinajstić information content (AvgIpc) is 3.97. The van der Waals surface area contributed by atoms with E-state index in [0.717, 1.165) is 5.56 Å². The van der Waals surface area contributed by atoms with Gasteiger partial charge in [0.2, 0.25) is 17.7 Å². The maximum absolute atomic E-state index is 14.0. The highest BCUT2D eigenvalue weighted by atomic mass is 16.6. The monoisotopic (exact) mass is 1090 g/mol. The highest BCUT2D eigenvalue weighted by Crippen LogP contribution is 2.42. The number of aromatic carboxylic acids is 1. The molecule has 79 heavy (non-hydrogen) atoms. The van der Waals surface area contributed by atoms with E-state index in [-0.39, 0.29) is 71.6 Å². The maximum atomic E-state index is 14.0.